The molecule has 1 fully saturated rings. The van der Waals surface area contributed by atoms with Crippen molar-refractivity contribution in [2.24, 2.45) is 5.41 Å². The van der Waals surface area contributed by atoms with Crippen LogP contribution in [0, 0.1) is 23.7 Å². The second kappa shape index (κ2) is 7.27. The summed E-state index contributed by atoms with van der Waals surface area (Å²) in [5.41, 5.74) is 2.16. The molecule has 2 heterocycles. The summed E-state index contributed by atoms with van der Waals surface area (Å²) in [6, 6.07) is 6.76. The number of likely N-dealkylation sites (tertiary alicyclic amines) is 1. The standard InChI is InChI=1S/C20H20Cl2N4O3S/c1-11-15(19(27)26-9-20(2,8-23)10-26)7-18(24-11)30(28,29)25-14-3-12-5-16(21)17(22)6-13(12)4-14/h5-7,14,24-25H,3-4,9-10H2,1-2H3. The number of hydrogen-bond donors (Lipinski definition) is 2. The summed E-state index contributed by atoms with van der Waals surface area (Å²) in [6.45, 7) is 4.11. The molecule has 0 bridgehead atoms. The van der Waals surface area contributed by atoms with E-state index < -0.39 is 15.4 Å². The largest absolute Gasteiger partial charge is 0.348 e. The molecule has 1 amide bonds. The summed E-state index contributed by atoms with van der Waals surface area (Å²) >= 11 is 12.1. The van der Waals surface area contributed by atoms with Crippen LogP contribution in [0.5, 0.6) is 0 Å². The number of halogens is 2. The molecular formula is C20H20Cl2N4O3S. The highest BCUT2D eigenvalue weighted by Gasteiger charge is 2.42. The monoisotopic (exact) mass is 466 g/mol. The Bertz CT molecular complexity index is 1160. The van der Waals surface area contributed by atoms with E-state index >= 15 is 0 Å². The number of hydrogen-bond acceptors (Lipinski definition) is 4. The van der Waals surface area contributed by atoms with Gasteiger partial charge in [-0.25, -0.2) is 13.1 Å². The predicted molar refractivity (Wildman–Crippen MR) is 113 cm³/mol. The van der Waals surface area contributed by atoms with Gasteiger partial charge in [0.1, 0.15) is 5.03 Å². The molecule has 0 unspecified atom stereocenters. The average Bonchev–Trinajstić information content (AvgIpc) is 3.21. The number of aromatic amines is 1. The fourth-order valence-electron chi connectivity index (χ4n) is 4.05. The molecule has 2 aliphatic rings. The van der Waals surface area contributed by atoms with Crippen molar-refractivity contribution in [1.29, 1.82) is 5.26 Å². The molecule has 0 atom stereocenters. The number of aromatic nitrogens is 1. The summed E-state index contributed by atoms with van der Waals surface area (Å²) in [5.74, 6) is -0.282. The Balaban J connectivity index is 1.49. The molecule has 0 radical (unpaired) electrons. The SMILES string of the molecule is Cc1[nH]c(S(=O)(=O)NC2Cc3cc(Cl)c(Cl)cc3C2)cc1C(=O)N1CC(C)(C#N)C1. The molecule has 0 saturated carbocycles. The van der Waals surface area contributed by atoms with Crippen LogP contribution < -0.4 is 4.72 Å². The van der Waals surface area contributed by atoms with Gasteiger partial charge in [-0.1, -0.05) is 23.2 Å². The lowest BCUT2D eigenvalue weighted by atomic mass is 9.83. The maximum absolute atomic E-state index is 12.9. The lowest BCUT2D eigenvalue weighted by Gasteiger charge is -2.43. The third-order valence-corrected chi connectivity index (χ3v) is 7.81. The van der Waals surface area contributed by atoms with Crippen LogP contribution in [0.15, 0.2) is 23.2 Å². The Morgan fingerprint density at radius 1 is 1.23 bits per heavy atom. The van der Waals surface area contributed by atoms with E-state index in [0.29, 0.717) is 47.2 Å². The number of sulfonamides is 1. The first-order chi connectivity index (χ1) is 14.0. The number of nitriles is 1. The number of nitrogens with one attached hydrogen (secondary N) is 2. The summed E-state index contributed by atoms with van der Waals surface area (Å²) in [7, 11) is -3.85. The molecule has 4 rings (SSSR count). The van der Waals surface area contributed by atoms with Crippen LogP contribution in [0.4, 0.5) is 0 Å². The number of carbonyl (C=O) groups is 1. The normalized spacial score (nSPS) is 18.0. The molecule has 1 aromatic carbocycles. The van der Waals surface area contributed by atoms with Crippen molar-refractivity contribution in [3.05, 3.63) is 50.6 Å². The Labute approximate surface area is 185 Å². The summed E-state index contributed by atoms with van der Waals surface area (Å²) in [5, 5.41) is 9.95. The summed E-state index contributed by atoms with van der Waals surface area (Å²) < 4.78 is 28.5. The van der Waals surface area contributed by atoms with Gasteiger partial charge in [0.2, 0.25) is 0 Å². The first-order valence-electron chi connectivity index (χ1n) is 9.40. The highest BCUT2D eigenvalue weighted by atomic mass is 35.5. The minimum absolute atomic E-state index is 0.0565. The molecule has 1 aliphatic heterocycles. The van der Waals surface area contributed by atoms with Crippen LogP contribution in [0.3, 0.4) is 0 Å². The van der Waals surface area contributed by atoms with E-state index in [1.165, 1.54) is 6.07 Å². The van der Waals surface area contributed by atoms with Crippen molar-refractivity contribution < 1.29 is 13.2 Å². The van der Waals surface area contributed by atoms with E-state index in [-0.39, 0.29) is 17.0 Å². The van der Waals surface area contributed by atoms with Gasteiger partial charge >= 0.3 is 0 Å². The van der Waals surface area contributed by atoms with Crippen LogP contribution >= 0.6 is 23.2 Å². The first-order valence-corrected chi connectivity index (χ1v) is 11.6. The Morgan fingerprint density at radius 2 is 1.80 bits per heavy atom. The van der Waals surface area contributed by atoms with E-state index in [1.54, 1.807) is 30.9 Å². The first kappa shape index (κ1) is 21.2. The minimum Gasteiger partial charge on any atom is -0.348 e. The van der Waals surface area contributed by atoms with Gasteiger partial charge in [-0.05, 0) is 56.0 Å². The third kappa shape index (κ3) is 3.71. The van der Waals surface area contributed by atoms with Crippen molar-refractivity contribution in [2.45, 2.75) is 37.8 Å². The van der Waals surface area contributed by atoms with Gasteiger partial charge in [0.25, 0.3) is 15.9 Å². The molecule has 7 nitrogen and oxygen atoms in total. The highest BCUT2D eigenvalue weighted by Crippen LogP contribution is 2.33. The maximum atomic E-state index is 12.9. The third-order valence-electron chi connectivity index (χ3n) is 5.64. The zero-order valence-electron chi connectivity index (χ0n) is 16.4. The Kier molecular flexibility index (Phi) is 5.14. The average molecular weight is 467 g/mol. The van der Waals surface area contributed by atoms with Crippen LogP contribution in [0.1, 0.15) is 34.1 Å². The van der Waals surface area contributed by atoms with Gasteiger partial charge in [-0.3, -0.25) is 4.79 Å². The lowest BCUT2D eigenvalue weighted by molar-refractivity contribution is 0.0368. The van der Waals surface area contributed by atoms with Crippen molar-refractivity contribution in [1.82, 2.24) is 14.6 Å². The maximum Gasteiger partial charge on any atom is 0.256 e. The number of aryl methyl sites for hydroxylation is 1. The number of carbonyl (C=O) groups excluding carboxylic acids is 1. The fourth-order valence-corrected chi connectivity index (χ4v) is 5.72. The predicted octanol–water partition coefficient (Wildman–Crippen LogP) is 3.06. The van der Waals surface area contributed by atoms with Gasteiger partial charge in [0.15, 0.2) is 0 Å². The number of benzene rings is 1. The molecule has 30 heavy (non-hydrogen) atoms. The molecule has 2 aromatic rings. The van der Waals surface area contributed by atoms with E-state index in [4.69, 9.17) is 28.5 Å². The summed E-state index contributed by atoms with van der Waals surface area (Å²) in [6.07, 6.45) is 1.02. The molecule has 158 valence electrons. The number of amides is 1. The van der Waals surface area contributed by atoms with Crippen molar-refractivity contribution >= 4 is 39.1 Å². The highest BCUT2D eigenvalue weighted by molar-refractivity contribution is 7.89. The van der Waals surface area contributed by atoms with Crippen LogP contribution in [0.2, 0.25) is 10.0 Å². The molecule has 1 aromatic heterocycles. The van der Waals surface area contributed by atoms with Gasteiger partial charge in [0, 0.05) is 24.8 Å². The van der Waals surface area contributed by atoms with Crippen molar-refractivity contribution in [3.8, 4) is 6.07 Å². The van der Waals surface area contributed by atoms with Crippen molar-refractivity contribution in [3.63, 3.8) is 0 Å². The van der Waals surface area contributed by atoms with E-state index in [0.717, 1.165) is 11.1 Å². The summed E-state index contributed by atoms with van der Waals surface area (Å²) in [4.78, 5) is 17.1. The smallest absolute Gasteiger partial charge is 0.256 e. The number of rotatable bonds is 4. The zero-order valence-corrected chi connectivity index (χ0v) is 18.7. The molecular weight excluding hydrogens is 447 g/mol. The van der Waals surface area contributed by atoms with Crippen LogP contribution in [-0.2, 0) is 22.9 Å². The second-order valence-electron chi connectivity index (χ2n) is 8.27. The van der Waals surface area contributed by atoms with Crippen LogP contribution in [-0.4, -0.2) is 43.3 Å². The van der Waals surface area contributed by atoms with Crippen molar-refractivity contribution in [2.75, 3.05) is 13.1 Å². The zero-order chi connectivity index (χ0) is 21.8. The van der Waals surface area contributed by atoms with E-state index in [1.807, 2.05) is 0 Å². The fraction of sp³-hybridized carbons (Fsp3) is 0.400. The topological polar surface area (TPSA) is 106 Å². The number of fused-ring (bicyclic) bond motifs is 1. The molecule has 2 N–H and O–H groups in total. The van der Waals surface area contributed by atoms with Gasteiger partial charge in [-0.15, -0.1) is 0 Å². The Morgan fingerprint density at radius 3 is 2.33 bits per heavy atom. The van der Waals surface area contributed by atoms with E-state index in [2.05, 4.69) is 15.8 Å². The minimum atomic E-state index is -3.85. The number of H-pyrrole nitrogens is 1. The van der Waals surface area contributed by atoms with Gasteiger partial charge in [-0.2, -0.15) is 5.26 Å². The molecule has 10 heteroatoms. The Hall–Kier alpha value is -2.05. The molecule has 0 spiro atoms. The second-order valence-corrected chi connectivity index (χ2v) is 10.8. The van der Waals surface area contributed by atoms with Gasteiger partial charge < -0.3 is 9.88 Å². The van der Waals surface area contributed by atoms with Gasteiger partial charge in [0.05, 0.1) is 27.1 Å². The molecule has 1 aliphatic carbocycles. The van der Waals surface area contributed by atoms with Crippen LogP contribution in [0.25, 0.3) is 0 Å². The number of nitrogens with zero attached hydrogens (tertiary/aromatic N) is 2. The lowest BCUT2D eigenvalue weighted by Crippen LogP contribution is -2.56. The van der Waals surface area contributed by atoms with E-state index in [9.17, 15) is 13.2 Å². The molecule has 1 saturated heterocycles. The quantitative estimate of drug-likeness (QED) is 0.721.